The largest absolute Gasteiger partial charge is 0.460 e. The monoisotopic (exact) mass is 825 g/mol. The number of nitrogens with zero attached hydrogens (tertiary/aromatic N) is 2. The molecule has 5 amide bonds. The van der Waals surface area contributed by atoms with Crippen molar-refractivity contribution in [2.75, 3.05) is 20.6 Å². The molecule has 328 valence electrons. The maximum Gasteiger partial charge on any atom is 0.334 e. The molecule has 2 rings (SSSR count). The average molecular weight is 826 g/mol. The fraction of sp³-hybridized carbons (Fsp3) is 0.614. The number of cyclic esters (lactones) is 2. The Bertz CT molecular complexity index is 1700. The van der Waals surface area contributed by atoms with Crippen molar-refractivity contribution in [2.24, 2.45) is 17.8 Å². The zero-order valence-corrected chi connectivity index (χ0v) is 36.9. The number of benzene rings is 1. The van der Waals surface area contributed by atoms with Gasteiger partial charge < -0.3 is 40.3 Å². The molecule has 0 bridgehead atoms. The van der Waals surface area contributed by atoms with E-state index in [0.29, 0.717) is 12.0 Å². The van der Waals surface area contributed by atoms with Crippen molar-refractivity contribution < 1.29 is 48.1 Å². The van der Waals surface area contributed by atoms with Gasteiger partial charge in [0.15, 0.2) is 6.10 Å². The van der Waals surface area contributed by atoms with Crippen LogP contribution in [0, 0.1) is 17.8 Å². The number of aliphatic hydroxyl groups excluding tert-OH is 1. The maximum absolute atomic E-state index is 14.1. The van der Waals surface area contributed by atoms with Gasteiger partial charge in [0.1, 0.15) is 30.3 Å². The van der Waals surface area contributed by atoms with E-state index in [1.165, 1.54) is 50.7 Å². The van der Waals surface area contributed by atoms with Crippen LogP contribution in [0.5, 0.6) is 0 Å². The molecule has 1 aromatic carbocycles. The minimum atomic E-state index is -1.28. The molecule has 0 radical (unpaired) electrons. The number of allylic oxidation sites excluding steroid dienone is 1. The second-order valence-corrected chi connectivity index (χ2v) is 16.2. The van der Waals surface area contributed by atoms with Crippen LogP contribution in [0.2, 0.25) is 0 Å². The van der Waals surface area contributed by atoms with E-state index in [4.69, 9.17) is 9.47 Å². The number of hydrogen-bond acceptors (Lipinski definition) is 10. The minimum absolute atomic E-state index is 0.0244. The number of carbonyl (C=O) groups excluding carboxylic acids is 7. The molecular formula is C44H67N5O10. The highest BCUT2D eigenvalue weighted by atomic mass is 16.6. The number of ether oxygens (including phenoxy) is 2. The van der Waals surface area contributed by atoms with Crippen molar-refractivity contribution in [2.45, 2.75) is 137 Å². The van der Waals surface area contributed by atoms with Gasteiger partial charge in [0, 0.05) is 38.4 Å². The molecule has 0 aliphatic carbocycles. The van der Waals surface area contributed by atoms with Crippen molar-refractivity contribution in [3.63, 3.8) is 0 Å². The number of esters is 2. The van der Waals surface area contributed by atoms with Crippen LogP contribution in [-0.4, -0.2) is 120 Å². The Balaban J connectivity index is 2.65. The highest BCUT2D eigenvalue weighted by Crippen LogP contribution is 2.23. The number of hydrogen-bond donors (Lipinski definition) is 4. The summed E-state index contributed by atoms with van der Waals surface area (Å²) in [5, 5.41) is 19.1. The number of rotatable bonds is 9. The quantitative estimate of drug-likeness (QED) is 0.212. The van der Waals surface area contributed by atoms with Crippen molar-refractivity contribution in [3.8, 4) is 0 Å². The SMILES string of the molecule is C/C=C(\C)[C@@H](O)[C@H](C)[C@@H]1C/C=C(\C)C(=O)O[C@H](CC(C)C)C(=O)N[C@@H](C)C(=O)N(C)[C@H](Cc2ccccc2)C(=O)N(C)CC(=O)N[C@@H]([C@@H](C)CC)C(=O)N[C@H](C)C(=O)O1. The van der Waals surface area contributed by atoms with E-state index in [0.717, 1.165) is 5.56 Å². The Morgan fingerprint density at radius 1 is 0.898 bits per heavy atom. The van der Waals surface area contributed by atoms with Gasteiger partial charge in [0.05, 0.1) is 12.6 Å². The lowest BCUT2D eigenvalue weighted by Gasteiger charge is -2.33. The molecule has 4 N–H and O–H groups in total. The highest BCUT2D eigenvalue weighted by molar-refractivity contribution is 5.96. The lowest BCUT2D eigenvalue weighted by Crippen LogP contribution is -2.57. The van der Waals surface area contributed by atoms with E-state index < -0.39 is 96.4 Å². The molecule has 0 aromatic heterocycles. The van der Waals surface area contributed by atoms with Gasteiger partial charge in [0.25, 0.3) is 5.91 Å². The number of amides is 5. The molecule has 1 aliphatic heterocycles. The third-order valence-corrected chi connectivity index (χ3v) is 10.9. The first-order valence-electron chi connectivity index (χ1n) is 20.5. The fourth-order valence-electron chi connectivity index (χ4n) is 6.53. The summed E-state index contributed by atoms with van der Waals surface area (Å²) in [6.45, 7) is 16.4. The van der Waals surface area contributed by atoms with Gasteiger partial charge in [0.2, 0.25) is 23.6 Å². The maximum atomic E-state index is 14.1. The summed E-state index contributed by atoms with van der Waals surface area (Å²) in [5.74, 6) is -5.92. The second kappa shape index (κ2) is 23.5. The normalized spacial score (nSPS) is 27.0. The van der Waals surface area contributed by atoms with Gasteiger partial charge in [-0.15, -0.1) is 0 Å². The van der Waals surface area contributed by atoms with Crippen molar-refractivity contribution in [1.29, 1.82) is 0 Å². The van der Waals surface area contributed by atoms with Crippen LogP contribution in [-0.2, 0) is 49.5 Å². The topological polar surface area (TPSA) is 201 Å². The van der Waals surface area contributed by atoms with E-state index in [1.54, 1.807) is 58.0 Å². The summed E-state index contributed by atoms with van der Waals surface area (Å²) >= 11 is 0. The van der Waals surface area contributed by atoms with Crippen LogP contribution in [0.4, 0.5) is 0 Å². The van der Waals surface area contributed by atoms with Crippen LogP contribution in [0.1, 0.15) is 94.1 Å². The molecule has 1 heterocycles. The third kappa shape index (κ3) is 14.9. The number of aliphatic hydroxyl groups is 1. The van der Waals surface area contributed by atoms with Crippen LogP contribution in [0.15, 0.2) is 53.6 Å². The highest BCUT2D eigenvalue weighted by Gasteiger charge is 2.36. The first kappa shape index (κ1) is 50.1. The van der Waals surface area contributed by atoms with Crippen LogP contribution < -0.4 is 16.0 Å². The first-order valence-corrected chi connectivity index (χ1v) is 20.5. The van der Waals surface area contributed by atoms with E-state index in [9.17, 15) is 38.7 Å². The molecule has 0 spiro atoms. The average Bonchev–Trinajstić information content (AvgIpc) is 3.20. The van der Waals surface area contributed by atoms with E-state index in [-0.39, 0.29) is 36.7 Å². The Hall–Kier alpha value is -5.05. The molecule has 0 fully saturated rings. The van der Waals surface area contributed by atoms with E-state index in [1.807, 2.05) is 26.8 Å². The molecule has 15 nitrogen and oxygen atoms in total. The molecule has 1 aromatic rings. The molecule has 1 aliphatic rings. The van der Waals surface area contributed by atoms with E-state index in [2.05, 4.69) is 16.0 Å². The fourth-order valence-corrected chi connectivity index (χ4v) is 6.53. The number of likely N-dealkylation sites (N-methyl/N-ethyl adjacent to an activating group) is 2. The van der Waals surface area contributed by atoms with E-state index >= 15 is 0 Å². The minimum Gasteiger partial charge on any atom is -0.460 e. The Morgan fingerprint density at radius 3 is 2.08 bits per heavy atom. The third-order valence-electron chi connectivity index (χ3n) is 10.9. The van der Waals surface area contributed by atoms with Gasteiger partial charge in [-0.25, -0.2) is 9.59 Å². The van der Waals surface area contributed by atoms with Crippen molar-refractivity contribution in [1.82, 2.24) is 25.8 Å². The molecule has 9 atom stereocenters. The van der Waals surface area contributed by atoms with Crippen molar-refractivity contribution >= 4 is 41.5 Å². The molecular weight excluding hydrogens is 759 g/mol. The predicted molar refractivity (Wildman–Crippen MR) is 223 cm³/mol. The summed E-state index contributed by atoms with van der Waals surface area (Å²) in [6.07, 6.45) is 0.658. The molecule has 0 unspecified atom stereocenters. The first-order chi connectivity index (χ1) is 27.6. The Labute approximate surface area is 349 Å². The standard InChI is InChI=1S/C44H67N5O10/c1-13-26(5)37-40(53)46-31(10)44(57)58-34(29(8)38(51)27(6)14-2)21-20-28(7)43(56)59-35(22-25(3)4)39(52)45-30(9)41(54)49(12)33(23-32-18-16-15-17-19-32)42(55)48(11)24-36(50)47-37/h14-20,25-26,29-31,33-35,37-38,51H,13,21-24H2,1-12H3,(H,45,52)(H,46,53)(H,47,50)/b27-14+,28-20+/t26-,29+,30-,31+,33+,34-,35+,37-,38+/m0/s1. The second-order valence-electron chi connectivity index (χ2n) is 16.2. The van der Waals surface area contributed by atoms with Crippen LogP contribution in [0.3, 0.4) is 0 Å². The summed E-state index contributed by atoms with van der Waals surface area (Å²) in [6, 6.07) is 4.50. The molecule has 0 saturated carbocycles. The van der Waals surface area contributed by atoms with Gasteiger partial charge in [-0.2, -0.15) is 0 Å². The number of carbonyl (C=O) groups is 7. The summed E-state index contributed by atoms with van der Waals surface area (Å²) in [4.78, 5) is 98.3. The Morgan fingerprint density at radius 2 is 1.51 bits per heavy atom. The summed E-state index contributed by atoms with van der Waals surface area (Å²) < 4.78 is 11.6. The predicted octanol–water partition coefficient (Wildman–Crippen LogP) is 3.24. The van der Waals surface area contributed by atoms with Crippen LogP contribution >= 0.6 is 0 Å². The molecule has 59 heavy (non-hydrogen) atoms. The van der Waals surface area contributed by atoms with Gasteiger partial charge >= 0.3 is 11.9 Å². The molecule has 15 heteroatoms. The summed E-state index contributed by atoms with van der Waals surface area (Å²) in [7, 11) is 2.86. The number of nitrogens with one attached hydrogen (secondary N) is 3. The van der Waals surface area contributed by atoms with Crippen LogP contribution in [0.25, 0.3) is 0 Å². The van der Waals surface area contributed by atoms with Gasteiger partial charge in [-0.05, 0) is 64.0 Å². The Kier molecular flexibility index (Phi) is 20.0. The zero-order chi connectivity index (χ0) is 44.7. The lowest BCUT2D eigenvalue weighted by atomic mass is 9.90. The lowest BCUT2D eigenvalue weighted by molar-refractivity contribution is -0.156. The van der Waals surface area contributed by atoms with Gasteiger partial charge in [-0.3, -0.25) is 24.0 Å². The molecule has 0 saturated heterocycles. The summed E-state index contributed by atoms with van der Waals surface area (Å²) in [5.41, 5.74) is 1.48. The van der Waals surface area contributed by atoms with Gasteiger partial charge in [-0.1, -0.05) is 83.5 Å². The van der Waals surface area contributed by atoms with Crippen molar-refractivity contribution in [3.05, 3.63) is 59.2 Å². The smallest absolute Gasteiger partial charge is 0.334 e. The zero-order valence-electron chi connectivity index (χ0n) is 36.9.